The molecule has 2 aromatic rings. The molecule has 1 fully saturated rings. The van der Waals surface area contributed by atoms with Crippen molar-refractivity contribution in [3.63, 3.8) is 0 Å². The van der Waals surface area contributed by atoms with E-state index in [0.29, 0.717) is 38.4 Å². The number of benzene rings is 2. The molecule has 1 aliphatic rings. The standard InChI is InChI=1S/C18H19F2N3O/c19-15-6-7-17(16(20)12-15)22-8-10-23(11-9-22)18(24)21-13-14-4-2-1-3-5-14/h1-7,12H,8-11,13H2,(H,21,24). The van der Waals surface area contributed by atoms with Crippen LogP contribution < -0.4 is 10.2 Å². The van der Waals surface area contributed by atoms with Gasteiger partial charge in [0, 0.05) is 38.8 Å². The summed E-state index contributed by atoms with van der Waals surface area (Å²) in [5.74, 6) is -1.16. The fourth-order valence-corrected chi connectivity index (χ4v) is 2.77. The molecule has 2 amide bonds. The van der Waals surface area contributed by atoms with Crippen LogP contribution in [0.1, 0.15) is 5.56 Å². The minimum Gasteiger partial charge on any atom is -0.366 e. The summed E-state index contributed by atoms with van der Waals surface area (Å²) in [4.78, 5) is 15.7. The molecule has 2 aromatic carbocycles. The summed E-state index contributed by atoms with van der Waals surface area (Å²) in [7, 11) is 0. The molecule has 126 valence electrons. The van der Waals surface area contributed by atoms with E-state index < -0.39 is 11.6 Å². The summed E-state index contributed by atoms with van der Waals surface area (Å²) in [5, 5.41) is 2.89. The van der Waals surface area contributed by atoms with E-state index in [2.05, 4.69) is 5.32 Å². The number of hydrogen-bond donors (Lipinski definition) is 1. The molecule has 1 heterocycles. The summed E-state index contributed by atoms with van der Waals surface area (Å²) in [5.41, 5.74) is 1.42. The lowest BCUT2D eigenvalue weighted by Gasteiger charge is -2.36. The topological polar surface area (TPSA) is 35.6 Å². The third-order valence-corrected chi connectivity index (χ3v) is 4.10. The predicted molar refractivity (Wildman–Crippen MR) is 88.8 cm³/mol. The highest BCUT2D eigenvalue weighted by molar-refractivity contribution is 5.74. The van der Waals surface area contributed by atoms with Crippen molar-refractivity contribution in [3.05, 3.63) is 65.7 Å². The Labute approximate surface area is 139 Å². The normalized spacial score (nSPS) is 14.6. The van der Waals surface area contributed by atoms with Crippen molar-refractivity contribution in [1.29, 1.82) is 0 Å². The van der Waals surface area contributed by atoms with Gasteiger partial charge in [0.1, 0.15) is 11.6 Å². The molecule has 0 atom stereocenters. The SMILES string of the molecule is O=C(NCc1ccccc1)N1CCN(c2ccc(F)cc2F)CC1. The molecule has 0 saturated carbocycles. The fourth-order valence-electron chi connectivity index (χ4n) is 2.77. The van der Waals surface area contributed by atoms with Gasteiger partial charge >= 0.3 is 6.03 Å². The van der Waals surface area contributed by atoms with E-state index in [1.807, 2.05) is 35.2 Å². The van der Waals surface area contributed by atoms with Crippen molar-refractivity contribution in [2.75, 3.05) is 31.1 Å². The van der Waals surface area contributed by atoms with Gasteiger partial charge in [-0.15, -0.1) is 0 Å². The third kappa shape index (κ3) is 3.82. The van der Waals surface area contributed by atoms with E-state index in [1.165, 1.54) is 12.1 Å². The lowest BCUT2D eigenvalue weighted by Crippen LogP contribution is -2.51. The molecule has 0 unspecified atom stereocenters. The van der Waals surface area contributed by atoms with E-state index in [-0.39, 0.29) is 6.03 Å². The third-order valence-electron chi connectivity index (χ3n) is 4.10. The summed E-state index contributed by atoms with van der Waals surface area (Å²) < 4.78 is 26.8. The van der Waals surface area contributed by atoms with Crippen LogP contribution in [0.4, 0.5) is 19.3 Å². The van der Waals surface area contributed by atoms with Gasteiger partial charge in [-0.25, -0.2) is 13.6 Å². The Morgan fingerprint density at radius 2 is 1.71 bits per heavy atom. The van der Waals surface area contributed by atoms with Crippen LogP contribution in [0.2, 0.25) is 0 Å². The van der Waals surface area contributed by atoms with Gasteiger partial charge in [-0.1, -0.05) is 30.3 Å². The maximum absolute atomic E-state index is 13.8. The molecular weight excluding hydrogens is 312 g/mol. The van der Waals surface area contributed by atoms with Crippen LogP contribution in [0.15, 0.2) is 48.5 Å². The molecule has 24 heavy (non-hydrogen) atoms. The minimum absolute atomic E-state index is 0.127. The number of nitrogens with one attached hydrogen (secondary N) is 1. The molecule has 4 nitrogen and oxygen atoms in total. The first-order valence-corrected chi connectivity index (χ1v) is 7.90. The lowest BCUT2D eigenvalue weighted by atomic mass is 10.2. The molecule has 3 rings (SSSR count). The van der Waals surface area contributed by atoms with Gasteiger partial charge in [-0.3, -0.25) is 0 Å². The summed E-state index contributed by atoms with van der Waals surface area (Å²) in [6, 6.07) is 13.1. The summed E-state index contributed by atoms with van der Waals surface area (Å²) >= 11 is 0. The molecule has 0 aromatic heterocycles. The number of halogens is 2. The number of carbonyl (C=O) groups excluding carboxylic acids is 1. The fraction of sp³-hybridized carbons (Fsp3) is 0.278. The van der Waals surface area contributed by atoms with Gasteiger partial charge in [0.25, 0.3) is 0 Å². The molecule has 0 bridgehead atoms. The van der Waals surface area contributed by atoms with Gasteiger partial charge in [0.2, 0.25) is 0 Å². The Bertz CT molecular complexity index is 701. The van der Waals surface area contributed by atoms with Gasteiger partial charge in [-0.2, -0.15) is 0 Å². The highest BCUT2D eigenvalue weighted by atomic mass is 19.1. The molecule has 6 heteroatoms. The Balaban J connectivity index is 1.52. The maximum atomic E-state index is 13.8. The zero-order chi connectivity index (χ0) is 16.9. The molecule has 1 aliphatic heterocycles. The van der Waals surface area contributed by atoms with E-state index in [0.717, 1.165) is 11.6 Å². The molecule has 1 saturated heterocycles. The second-order valence-corrected chi connectivity index (χ2v) is 5.71. The largest absolute Gasteiger partial charge is 0.366 e. The summed E-state index contributed by atoms with van der Waals surface area (Å²) in [6.45, 7) is 2.50. The van der Waals surface area contributed by atoms with Crippen molar-refractivity contribution in [2.45, 2.75) is 6.54 Å². The van der Waals surface area contributed by atoms with Crippen LogP contribution in [0.3, 0.4) is 0 Å². The quantitative estimate of drug-likeness (QED) is 0.938. The molecule has 1 N–H and O–H groups in total. The lowest BCUT2D eigenvalue weighted by molar-refractivity contribution is 0.194. The average Bonchev–Trinajstić information content (AvgIpc) is 2.61. The highest BCUT2D eigenvalue weighted by Crippen LogP contribution is 2.21. The number of hydrogen-bond acceptors (Lipinski definition) is 2. The van der Waals surface area contributed by atoms with E-state index in [9.17, 15) is 13.6 Å². The van der Waals surface area contributed by atoms with E-state index in [1.54, 1.807) is 4.90 Å². The van der Waals surface area contributed by atoms with Gasteiger partial charge < -0.3 is 15.1 Å². The van der Waals surface area contributed by atoms with Crippen LogP contribution in [0.25, 0.3) is 0 Å². The number of rotatable bonds is 3. The van der Waals surface area contributed by atoms with E-state index >= 15 is 0 Å². The Morgan fingerprint density at radius 3 is 2.38 bits per heavy atom. The van der Waals surface area contributed by atoms with Crippen LogP contribution in [0.5, 0.6) is 0 Å². The van der Waals surface area contributed by atoms with Crippen molar-refractivity contribution in [1.82, 2.24) is 10.2 Å². The van der Waals surface area contributed by atoms with E-state index in [4.69, 9.17) is 0 Å². The first-order chi connectivity index (χ1) is 11.6. The highest BCUT2D eigenvalue weighted by Gasteiger charge is 2.22. The Kier molecular flexibility index (Phi) is 4.93. The van der Waals surface area contributed by atoms with Crippen molar-refractivity contribution < 1.29 is 13.6 Å². The molecule has 0 aliphatic carbocycles. The Hall–Kier alpha value is -2.63. The zero-order valence-electron chi connectivity index (χ0n) is 13.2. The monoisotopic (exact) mass is 331 g/mol. The molecule has 0 spiro atoms. The van der Waals surface area contributed by atoms with Crippen LogP contribution in [-0.2, 0) is 6.54 Å². The second-order valence-electron chi connectivity index (χ2n) is 5.71. The maximum Gasteiger partial charge on any atom is 0.317 e. The average molecular weight is 331 g/mol. The Morgan fingerprint density at radius 1 is 1.00 bits per heavy atom. The zero-order valence-corrected chi connectivity index (χ0v) is 13.2. The predicted octanol–water partition coefficient (Wildman–Crippen LogP) is 3.00. The van der Waals surface area contributed by atoms with Gasteiger partial charge in [0.05, 0.1) is 5.69 Å². The summed E-state index contributed by atoms with van der Waals surface area (Å²) in [6.07, 6.45) is 0. The van der Waals surface area contributed by atoms with Crippen molar-refractivity contribution in [2.24, 2.45) is 0 Å². The van der Waals surface area contributed by atoms with Crippen molar-refractivity contribution in [3.8, 4) is 0 Å². The number of urea groups is 1. The first kappa shape index (κ1) is 16.2. The molecule has 0 radical (unpaired) electrons. The van der Waals surface area contributed by atoms with Crippen molar-refractivity contribution >= 4 is 11.7 Å². The van der Waals surface area contributed by atoms with Crippen LogP contribution in [-0.4, -0.2) is 37.1 Å². The van der Waals surface area contributed by atoms with Crippen LogP contribution >= 0.6 is 0 Å². The number of anilines is 1. The minimum atomic E-state index is -0.588. The van der Waals surface area contributed by atoms with Gasteiger partial charge in [-0.05, 0) is 17.7 Å². The van der Waals surface area contributed by atoms with Crippen LogP contribution in [0, 0.1) is 11.6 Å². The number of amides is 2. The number of piperazine rings is 1. The first-order valence-electron chi connectivity index (χ1n) is 7.90. The smallest absolute Gasteiger partial charge is 0.317 e. The second kappa shape index (κ2) is 7.29. The molecular formula is C18H19F2N3O. The number of carbonyl (C=O) groups is 1. The number of nitrogens with zero attached hydrogens (tertiary/aromatic N) is 2. The van der Waals surface area contributed by atoms with Gasteiger partial charge in [0.15, 0.2) is 0 Å².